The summed E-state index contributed by atoms with van der Waals surface area (Å²) < 4.78 is 0. The van der Waals surface area contributed by atoms with Crippen LogP contribution in [0.3, 0.4) is 0 Å². The van der Waals surface area contributed by atoms with E-state index < -0.39 is 0 Å². The average molecular weight is 162 g/mol. The Morgan fingerprint density at radius 3 is 2.50 bits per heavy atom. The van der Waals surface area contributed by atoms with Crippen LogP contribution in [0.4, 0.5) is 0 Å². The highest BCUT2D eigenvalue weighted by molar-refractivity contribution is 5.74. The minimum atomic E-state index is 0.156. The Morgan fingerprint density at radius 2 is 2.00 bits per heavy atom. The standard InChI is InChI=1S/C10H10O2/c11-7-5-9-1-2-10(4-3-9)6-8-12/h1-5,12H,6,8H2. The molecule has 2 heteroatoms. The molecule has 0 aromatic heterocycles. The van der Waals surface area contributed by atoms with Gasteiger partial charge in [-0.3, -0.25) is 0 Å². The fourth-order valence-electron chi connectivity index (χ4n) is 0.978. The summed E-state index contributed by atoms with van der Waals surface area (Å²) in [7, 11) is 0. The van der Waals surface area contributed by atoms with E-state index in [4.69, 9.17) is 5.11 Å². The zero-order chi connectivity index (χ0) is 8.81. The number of hydrogen-bond acceptors (Lipinski definition) is 2. The Bertz CT molecular complexity index is 281. The lowest BCUT2D eigenvalue weighted by atomic mass is 10.1. The summed E-state index contributed by atoms with van der Waals surface area (Å²) >= 11 is 0. The number of hydrogen-bond donors (Lipinski definition) is 1. The average Bonchev–Trinajstić information content (AvgIpc) is 2.09. The van der Waals surface area contributed by atoms with E-state index in [2.05, 4.69) is 0 Å². The Kier molecular flexibility index (Phi) is 3.27. The molecule has 1 rings (SSSR count). The van der Waals surface area contributed by atoms with Gasteiger partial charge in [0.2, 0.25) is 0 Å². The summed E-state index contributed by atoms with van der Waals surface area (Å²) in [4.78, 5) is 9.96. The molecule has 0 spiro atoms. The van der Waals surface area contributed by atoms with Crippen LogP contribution in [0, 0.1) is 0 Å². The second-order valence-corrected chi connectivity index (χ2v) is 2.48. The molecule has 0 bridgehead atoms. The third-order valence-electron chi connectivity index (χ3n) is 1.61. The molecule has 62 valence electrons. The Morgan fingerprint density at radius 1 is 1.33 bits per heavy atom. The van der Waals surface area contributed by atoms with Crippen molar-refractivity contribution in [3.05, 3.63) is 35.4 Å². The molecule has 0 aliphatic rings. The summed E-state index contributed by atoms with van der Waals surface area (Å²) in [5.41, 5.74) is 1.91. The molecule has 0 atom stereocenters. The molecule has 0 saturated heterocycles. The second-order valence-electron chi connectivity index (χ2n) is 2.48. The second kappa shape index (κ2) is 4.50. The fourth-order valence-corrected chi connectivity index (χ4v) is 0.978. The molecule has 1 aromatic carbocycles. The minimum absolute atomic E-state index is 0.156. The van der Waals surface area contributed by atoms with Crippen LogP contribution < -0.4 is 0 Å². The van der Waals surface area contributed by atoms with Crippen molar-refractivity contribution in [3.63, 3.8) is 0 Å². The van der Waals surface area contributed by atoms with Gasteiger partial charge in [-0.15, -0.1) is 0 Å². The Hall–Kier alpha value is -1.37. The summed E-state index contributed by atoms with van der Waals surface area (Å²) in [5, 5.41) is 8.62. The third-order valence-corrected chi connectivity index (χ3v) is 1.61. The number of rotatable bonds is 3. The van der Waals surface area contributed by atoms with Crippen molar-refractivity contribution in [2.24, 2.45) is 0 Å². The summed E-state index contributed by atoms with van der Waals surface area (Å²) in [6.45, 7) is 0.156. The van der Waals surface area contributed by atoms with Gasteiger partial charge >= 0.3 is 0 Å². The summed E-state index contributed by atoms with van der Waals surface area (Å²) in [6.07, 6.45) is 2.04. The lowest BCUT2D eigenvalue weighted by Gasteiger charge is -1.97. The van der Waals surface area contributed by atoms with E-state index in [0.717, 1.165) is 11.1 Å². The van der Waals surface area contributed by atoms with Crippen LogP contribution in [0.5, 0.6) is 0 Å². The van der Waals surface area contributed by atoms with E-state index in [1.807, 2.05) is 24.3 Å². The molecule has 1 aromatic rings. The van der Waals surface area contributed by atoms with Crippen LogP contribution in [0.25, 0.3) is 6.08 Å². The minimum Gasteiger partial charge on any atom is -0.396 e. The van der Waals surface area contributed by atoms with E-state index in [1.165, 1.54) is 6.08 Å². The van der Waals surface area contributed by atoms with Crippen molar-refractivity contribution in [1.82, 2.24) is 0 Å². The highest BCUT2D eigenvalue weighted by Gasteiger charge is 1.90. The monoisotopic (exact) mass is 162 g/mol. The van der Waals surface area contributed by atoms with Crippen LogP contribution in [-0.4, -0.2) is 17.7 Å². The Balaban J connectivity index is 2.77. The maximum atomic E-state index is 9.96. The molecule has 1 N–H and O–H groups in total. The molecular weight excluding hydrogens is 152 g/mol. The molecule has 0 amide bonds. The van der Waals surface area contributed by atoms with E-state index >= 15 is 0 Å². The fraction of sp³-hybridized carbons (Fsp3) is 0.200. The molecule has 2 nitrogen and oxygen atoms in total. The normalized spacial score (nSPS) is 9.08. The third kappa shape index (κ3) is 2.35. The molecule has 0 aliphatic heterocycles. The van der Waals surface area contributed by atoms with Gasteiger partial charge in [-0.1, -0.05) is 24.3 Å². The predicted molar refractivity (Wildman–Crippen MR) is 47.4 cm³/mol. The van der Waals surface area contributed by atoms with Gasteiger partial charge in [-0.05, 0) is 17.5 Å². The van der Waals surface area contributed by atoms with Crippen LogP contribution in [0.1, 0.15) is 11.1 Å². The van der Waals surface area contributed by atoms with Crippen LogP contribution in [0.2, 0.25) is 0 Å². The molecule has 0 aliphatic carbocycles. The van der Waals surface area contributed by atoms with Gasteiger partial charge in [0.25, 0.3) is 0 Å². The molecule has 0 radical (unpaired) electrons. The van der Waals surface area contributed by atoms with Crippen molar-refractivity contribution in [3.8, 4) is 0 Å². The van der Waals surface area contributed by atoms with Crippen LogP contribution in [-0.2, 0) is 11.2 Å². The van der Waals surface area contributed by atoms with Gasteiger partial charge in [0.15, 0.2) is 0 Å². The highest BCUT2D eigenvalue weighted by Crippen LogP contribution is 2.05. The van der Waals surface area contributed by atoms with Gasteiger partial charge in [-0.2, -0.15) is 0 Å². The first-order valence-electron chi connectivity index (χ1n) is 3.77. The molecular formula is C10H10O2. The lowest BCUT2D eigenvalue weighted by Crippen LogP contribution is -1.89. The van der Waals surface area contributed by atoms with Gasteiger partial charge in [0.05, 0.1) is 0 Å². The van der Waals surface area contributed by atoms with E-state index in [0.29, 0.717) is 6.42 Å². The molecule has 0 fully saturated rings. The maximum Gasteiger partial charge on any atom is 0.125 e. The Labute approximate surface area is 71.2 Å². The highest BCUT2D eigenvalue weighted by atomic mass is 16.2. The van der Waals surface area contributed by atoms with Crippen molar-refractivity contribution < 1.29 is 9.90 Å². The smallest absolute Gasteiger partial charge is 0.125 e. The number of aliphatic hydroxyl groups excluding tert-OH is 1. The quantitative estimate of drug-likeness (QED) is 0.675. The van der Waals surface area contributed by atoms with Crippen LogP contribution >= 0.6 is 0 Å². The van der Waals surface area contributed by atoms with Gasteiger partial charge in [0.1, 0.15) is 5.94 Å². The maximum absolute atomic E-state index is 9.96. The van der Waals surface area contributed by atoms with Crippen molar-refractivity contribution in [2.75, 3.05) is 6.61 Å². The van der Waals surface area contributed by atoms with Gasteiger partial charge in [-0.25, -0.2) is 4.79 Å². The first kappa shape index (κ1) is 8.72. The molecule has 0 heterocycles. The van der Waals surface area contributed by atoms with Gasteiger partial charge < -0.3 is 5.11 Å². The predicted octanol–water partition coefficient (Wildman–Crippen LogP) is 1.07. The SMILES string of the molecule is O=C=Cc1ccc(CCO)cc1. The largest absolute Gasteiger partial charge is 0.396 e. The number of benzene rings is 1. The van der Waals surface area contributed by atoms with Gasteiger partial charge in [0, 0.05) is 12.7 Å². The van der Waals surface area contributed by atoms with Crippen molar-refractivity contribution in [2.45, 2.75) is 6.42 Å². The molecule has 12 heavy (non-hydrogen) atoms. The zero-order valence-electron chi connectivity index (χ0n) is 6.66. The van der Waals surface area contributed by atoms with E-state index in [1.54, 1.807) is 5.94 Å². The molecule has 0 unspecified atom stereocenters. The number of aliphatic hydroxyl groups is 1. The summed E-state index contributed by atoms with van der Waals surface area (Å²) in [6, 6.07) is 7.44. The zero-order valence-corrected chi connectivity index (χ0v) is 6.66. The lowest BCUT2D eigenvalue weighted by molar-refractivity contribution is 0.299. The molecule has 0 saturated carbocycles. The van der Waals surface area contributed by atoms with Crippen LogP contribution in [0.15, 0.2) is 24.3 Å². The topological polar surface area (TPSA) is 37.3 Å². The van der Waals surface area contributed by atoms with E-state index in [9.17, 15) is 4.79 Å². The first-order valence-corrected chi connectivity index (χ1v) is 3.77. The summed E-state index contributed by atoms with van der Waals surface area (Å²) in [5.74, 6) is 1.71. The number of carbonyl (C=O) groups excluding carboxylic acids is 1. The first-order chi connectivity index (χ1) is 5.86. The van der Waals surface area contributed by atoms with Crippen molar-refractivity contribution >= 4 is 12.0 Å². The van der Waals surface area contributed by atoms with E-state index in [-0.39, 0.29) is 6.61 Å². The van der Waals surface area contributed by atoms with Crippen molar-refractivity contribution in [1.29, 1.82) is 0 Å².